The molecule has 0 amide bonds. The lowest BCUT2D eigenvalue weighted by molar-refractivity contribution is -0.139. The fourth-order valence-corrected chi connectivity index (χ4v) is 4.48. The molecule has 0 heterocycles. The smallest absolute Gasteiger partial charge is 0.338 e. The average molecular weight is 555 g/mol. The normalized spacial score (nSPS) is 13.6. The zero-order valence-corrected chi connectivity index (χ0v) is 23.3. The third kappa shape index (κ3) is 6.69. The number of ether oxygens (including phenoxy) is 3. The Bertz CT molecular complexity index is 1600. The Morgan fingerprint density at radius 3 is 1.98 bits per heavy atom. The second-order valence-corrected chi connectivity index (χ2v) is 10.2. The zero-order valence-electron chi connectivity index (χ0n) is 23.3. The Morgan fingerprint density at radius 1 is 0.756 bits per heavy atom. The van der Waals surface area contributed by atoms with Crippen LogP contribution in [0, 0.1) is 5.82 Å². The van der Waals surface area contributed by atoms with Gasteiger partial charge in [0.1, 0.15) is 5.82 Å². The van der Waals surface area contributed by atoms with Gasteiger partial charge in [0, 0.05) is 28.2 Å². The molecule has 41 heavy (non-hydrogen) atoms. The lowest BCUT2D eigenvalue weighted by Gasteiger charge is -2.15. The van der Waals surface area contributed by atoms with Crippen molar-refractivity contribution in [2.24, 2.45) is 0 Å². The van der Waals surface area contributed by atoms with Crippen molar-refractivity contribution in [1.29, 1.82) is 0 Å². The Morgan fingerprint density at radius 2 is 1.34 bits per heavy atom. The molecule has 210 valence electrons. The molecule has 0 N–H and O–H groups in total. The van der Waals surface area contributed by atoms with E-state index in [1.807, 2.05) is 18.2 Å². The molecule has 0 fully saturated rings. The maximum Gasteiger partial charge on any atom is 0.338 e. The van der Waals surface area contributed by atoms with Crippen molar-refractivity contribution in [3.8, 4) is 33.8 Å². The number of benzene rings is 3. The summed E-state index contributed by atoms with van der Waals surface area (Å²) in [6, 6.07) is 15.3. The molecule has 4 rings (SSSR count). The largest absolute Gasteiger partial charge is 0.462 e. The van der Waals surface area contributed by atoms with Gasteiger partial charge in [0.2, 0.25) is 0 Å². The molecule has 3 aromatic rings. The van der Waals surface area contributed by atoms with Gasteiger partial charge >= 0.3 is 17.9 Å². The van der Waals surface area contributed by atoms with E-state index in [0.717, 1.165) is 24.0 Å². The lowest BCUT2D eigenvalue weighted by atomic mass is 9.95. The van der Waals surface area contributed by atoms with Crippen LogP contribution in [0.15, 0.2) is 91.1 Å². The van der Waals surface area contributed by atoms with Crippen molar-refractivity contribution < 1.29 is 33.0 Å². The van der Waals surface area contributed by atoms with E-state index >= 15 is 4.39 Å². The summed E-state index contributed by atoms with van der Waals surface area (Å²) in [6.45, 7) is 15.6. The maximum absolute atomic E-state index is 15.5. The van der Waals surface area contributed by atoms with Crippen molar-refractivity contribution >= 4 is 17.9 Å². The summed E-state index contributed by atoms with van der Waals surface area (Å²) in [4.78, 5) is 36.2. The van der Waals surface area contributed by atoms with Crippen LogP contribution in [0.3, 0.4) is 0 Å². The van der Waals surface area contributed by atoms with Gasteiger partial charge in [-0.2, -0.15) is 0 Å². The number of fused-ring (bicyclic) bond motifs is 1. The van der Waals surface area contributed by atoms with Gasteiger partial charge in [-0.3, -0.25) is 0 Å². The number of hydrogen-bond acceptors (Lipinski definition) is 6. The quantitative estimate of drug-likeness (QED) is 0.157. The van der Waals surface area contributed by atoms with Gasteiger partial charge in [0.25, 0.3) is 0 Å². The van der Waals surface area contributed by atoms with E-state index in [4.69, 9.17) is 14.2 Å². The van der Waals surface area contributed by atoms with E-state index in [9.17, 15) is 14.4 Å². The summed E-state index contributed by atoms with van der Waals surface area (Å²) in [5.41, 5.74) is 5.10. The van der Waals surface area contributed by atoms with Gasteiger partial charge in [0.05, 0.1) is 6.61 Å². The summed E-state index contributed by atoms with van der Waals surface area (Å²) >= 11 is 0. The van der Waals surface area contributed by atoms with Crippen LogP contribution in [0.5, 0.6) is 11.5 Å². The van der Waals surface area contributed by atoms with Gasteiger partial charge in [0.15, 0.2) is 11.5 Å². The first-order valence-corrected chi connectivity index (χ1v) is 13.1. The van der Waals surface area contributed by atoms with Gasteiger partial charge in [-0.05, 0) is 79.6 Å². The molecule has 0 bridgehead atoms. The van der Waals surface area contributed by atoms with E-state index < -0.39 is 23.7 Å². The minimum absolute atomic E-state index is 0.00778. The third-order valence-electron chi connectivity index (χ3n) is 6.77. The van der Waals surface area contributed by atoms with Crippen molar-refractivity contribution in [2.75, 3.05) is 6.61 Å². The Kier molecular flexibility index (Phi) is 8.67. The third-order valence-corrected chi connectivity index (χ3v) is 6.77. The second-order valence-electron chi connectivity index (χ2n) is 10.2. The summed E-state index contributed by atoms with van der Waals surface area (Å²) in [7, 11) is 0. The van der Waals surface area contributed by atoms with Crippen LogP contribution >= 0.6 is 0 Å². The first-order valence-electron chi connectivity index (χ1n) is 13.1. The highest BCUT2D eigenvalue weighted by Gasteiger charge is 2.25. The monoisotopic (exact) mass is 554 g/mol. The first-order chi connectivity index (χ1) is 19.4. The van der Waals surface area contributed by atoms with Crippen LogP contribution in [0.4, 0.5) is 4.39 Å². The highest BCUT2D eigenvalue weighted by molar-refractivity contribution is 5.91. The van der Waals surface area contributed by atoms with Crippen molar-refractivity contribution in [3.05, 3.63) is 108 Å². The molecule has 0 spiro atoms. The van der Waals surface area contributed by atoms with E-state index in [0.29, 0.717) is 27.8 Å². The number of esters is 3. The fourth-order valence-electron chi connectivity index (χ4n) is 4.48. The summed E-state index contributed by atoms with van der Waals surface area (Å²) < 4.78 is 31.6. The van der Waals surface area contributed by atoms with Gasteiger partial charge < -0.3 is 14.2 Å². The molecule has 7 heteroatoms. The molecular weight excluding hydrogens is 523 g/mol. The second kappa shape index (κ2) is 12.2. The minimum Gasteiger partial charge on any atom is -0.462 e. The average Bonchev–Trinajstić information content (AvgIpc) is 3.34. The number of rotatable bonds is 9. The standard InChI is InChI=1S/C34H31FO6/c1-19(2)32(36)39-18-26-10-8-22-7-9-25(15-28(22)26)27-13-11-23(16-29(27)35)24-12-14-30(40-33(37)20(3)4)31(17-24)41-34(38)21(5)6/h7,9,11-17,26H,1,3,5,8,10,18H2,2,4,6H3. The lowest BCUT2D eigenvalue weighted by Crippen LogP contribution is -2.12. The van der Waals surface area contributed by atoms with Crippen molar-refractivity contribution in [2.45, 2.75) is 39.5 Å². The van der Waals surface area contributed by atoms with E-state index in [2.05, 4.69) is 19.7 Å². The fraction of sp³-hybridized carbons (Fsp3) is 0.206. The molecule has 0 saturated carbocycles. The number of carbonyl (C=O) groups excluding carboxylic acids is 3. The van der Waals surface area contributed by atoms with Crippen LogP contribution in [-0.4, -0.2) is 24.5 Å². The predicted octanol–water partition coefficient (Wildman–Crippen LogP) is 7.27. The summed E-state index contributed by atoms with van der Waals surface area (Å²) in [5.74, 6) is -2.18. The van der Waals surface area contributed by atoms with Crippen molar-refractivity contribution in [1.82, 2.24) is 0 Å². The number of hydrogen-bond donors (Lipinski definition) is 0. The SMILES string of the molecule is C=C(C)C(=O)OCC1CCc2ccc(-c3ccc(-c4ccc(OC(=O)C(=C)C)c(OC(=O)C(=C)C)c4)cc3F)cc21. The maximum atomic E-state index is 15.5. The van der Waals surface area contributed by atoms with Crippen LogP contribution in [0.1, 0.15) is 44.2 Å². The van der Waals surface area contributed by atoms with Crippen LogP contribution in [0.2, 0.25) is 0 Å². The van der Waals surface area contributed by atoms with Crippen LogP contribution in [-0.2, 0) is 25.5 Å². The number of halogens is 1. The Labute approximate surface area is 238 Å². The van der Waals surface area contributed by atoms with Gasteiger partial charge in [-0.25, -0.2) is 18.8 Å². The summed E-state index contributed by atoms with van der Waals surface area (Å²) in [6.07, 6.45) is 1.71. The van der Waals surface area contributed by atoms with E-state index in [-0.39, 0.29) is 35.2 Å². The van der Waals surface area contributed by atoms with Crippen molar-refractivity contribution in [3.63, 3.8) is 0 Å². The number of aryl methyl sites for hydroxylation is 1. The van der Waals surface area contributed by atoms with Crippen LogP contribution < -0.4 is 9.47 Å². The predicted molar refractivity (Wildman–Crippen MR) is 155 cm³/mol. The highest BCUT2D eigenvalue weighted by Crippen LogP contribution is 2.38. The minimum atomic E-state index is -0.694. The van der Waals surface area contributed by atoms with E-state index in [1.54, 1.807) is 25.1 Å². The molecule has 1 aliphatic carbocycles. The molecule has 1 unspecified atom stereocenters. The van der Waals surface area contributed by atoms with Gasteiger partial charge in [-0.15, -0.1) is 0 Å². The highest BCUT2D eigenvalue weighted by atomic mass is 19.1. The molecule has 3 aromatic carbocycles. The molecule has 0 radical (unpaired) electrons. The Balaban J connectivity index is 1.62. The molecule has 1 aliphatic rings. The summed E-state index contributed by atoms with van der Waals surface area (Å²) in [5, 5.41) is 0. The molecule has 0 saturated heterocycles. The first kappa shape index (κ1) is 29.2. The molecule has 0 aliphatic heterocycles. The molecular formula is C34H31FO6. The topological polar surface area (TPSA) is 78.9 Å². The molecule has 0 aromatic heterocycles. The zero-order chi connectivity index (χ0) is 29.8. The van der Waals surface area contributed by atoms with Crippen LogP contribution in [0.25, 0.3) is 22.3 Å². The van der Waals surface area contributed by atoms with E-state index in [1.165, 1.54) is 32.0 Å². The Hall–Kier alpha value is -4.78. The number of carbonyl (C=O) groups is 3. The molecule has 6 nitrogen and oxygen atoms in total. The molecule has 1 atom stereocenters. The van der Waals surface area contributed by atoms with Gasteiger partial charge in [-0.1, -0.05) is 56.1 Å².